The largest absolute Gasteiger partial charge is 0.480 e. The zero-order chi connectivity index (χ0) is 29.3. The molecule has 18 nitrogen and oxygen atoms in total. The molecule has 18 heteroatoms. The summed E-state index contributed by atoms with van der Waals surface area (Å²) in [5.41, 5.74) is 31.8. The molecule has 0 aliphatic heterocycles. The van der Waals surface area contributed by atoms with E-state index in [1.54, 1.807) is 0 Å². The van der Waals surface area contributed by atoms with Crippen molar-refractivity contribution in [1.82, 2.24) is 16.0 Å². The van der Waals surface area contributed by atoms with Crippen LogP contribution in [0.15, 0.2) is 9.98 Å². The number of nitrogens with one attached hydrogen (secondary N) is 3. The summed E-state index contributed by atoms with van der Waals surface area (Å²) in [5.74, 6) is -5.07. The van der Waals surface area contributed by atoms with E-state index in [-0.39, 0.29) is 57.1 Å². The van der Waals surface area contributed by atoms with E-state index >= 15 is 0 Å². The summed E-state index contributed by atoms with van der Waals surface area (Å²) in [4.78, 5) is 68.1. The Morgan fingerprint density at radius 2 is 1.16 bits per heavy atom. The first-order valence-corrected chi connectivity index (χ1v) is 11.7. The smallest absolute Gasteiger partial charge is 0.326 e. The summed E-state index contributed by atoms with van der Waals surface area (Å²) in [6.45, 7) is -0.487. The Labute approximate surface area is 219 Å². The van der Waals surface area contributed by atoms with Gasteiger partial charge in [-0.15, -0.1) is 0 Å². The third-order valence-electron chi connectivity index (χ3n) is 4.99. The predicted molar refractivity (Wildman–Crippen MR) is 137 cm³/mol. The number of carboxylic acid groups (broad SMARTS) is 1. The number of carbonyl (C=O) groups excluding carboxylic acids is 4. The van der Waals surface area contributed by atoms with E-state index in [1.165, 1.54) is 0 Å². The first-order valence-electron chi connectivity index (χ1n) is 11.7. The lowest BCUT2D eigenvalue weighted by Gasteiger charge is -2.24. The molecule has 0 heterocycles. The SMILES string of the molecule is NC(=O)CCC(NC(=O)C(CO)NC(=O)C(N)CCCN=C(N)N)C(=O)NC(CCCN=C(N)N)C(=O)O. The van der Waals surface area contributed by atoms with Crippen molar-refractivity contribution in [1.29, 1.82) is 0 Å². The summed E-state index contributed by atoms with van der Waals surface area (Å²) >= 11 is 0. The Kier molecular flexibility index (Phi) is 16.1. The van der Waals surface area contributed by atoms with E-state index in [1.807, 2.05) is 0 Å². The molecule has 0 aliphatic rings. The van der Waals surface area contributed by atoms with E-state index in [9.17, 15) is 34.2 Å². The van der Waals surface area contributed by atoms with Crippen LogP contribution in [0.4, 0.5) is 0 Å². The minimum atomic E-state index is -1.50. The van der Waals surface area contributed by atoms with Gasteiger partial charge in [0.2, 0.25) is 23.6 Å². The van der Waals surface area contributed by atoms with Crippen molar-refractivity contribution in [3.05, 3.63) is 0 Å². The van der Waals surface area contributed by atoms with Crippen LogP contribution in [0.1, 0.15) is 38.5 Å². The quantitative estimate of drug-likeness (QED) is 0.0410. The van der Waals surface area contributed by atoms with Crippen LogP contribution < -0.4 is 50.4 Å². The molecule has 4 unspecified atom stereocenters. The predicted octanol–water partition coefficient (Wildman–Crippen LogP) is -5.78. The molecule has 0 aromatic rings. The fourth-order valence-electron chi connectivity index (χ4n) is 2.98. The number of aliphatic hydroxyl groups is 1. The zero-order valence-corrected chi connectivity index (χ0v) is 21.0. The van der Waals surface area contributed by atoms with Crippen LogP contribution in [-0.2, 0) is 24.0 Å². The number of aliphatic hydroxyl groups excluding tert-OH is 1. The third kappa shape index (κ3) is 15.0. The van der Waals surface area contributed by atoms with E-state index in [2.05, 4.69) is 25.9 Å². The fraction of sp³-hybridized carbons (Fsp3) is 0.650. The fourth-order valence-corrected chi connectivity index (χ4v) is 2.98. The standard InChI is InChI=1S/C20H39N11O7/c21-10(3-1-7-27-19(23)24)15(34)31-13(9-32)17(36)29-11(5-6-14(22)33)16(35)30-12(18(37)38)4-2-8-28-20(25)26/h10-13,32H,1-9,21H2,(H2,22,33)(H,29,36)(H,30,35)(H,31,34)(H,37,38)(H4,23,24,27)(H4,25,26,28). The van der Waals surface area contributed by atoms with Crippen LogP contribution in [0.2, 0.25) is 0 Å². The van der Waals surface area contributed by atoms with E-state index < -0.39 is 60.4 Å². The Morgan fingerprint density at radius 3 is 1.63 bits per heavy atom. The molecule has 0 aromatic carbocycles. The summed E-state index contributed by atoms with van der Waals surface area (Å²) in [6.07, 6.45) is 0.129. The van der Waals surface area contributed by atoms with Crippen molar-refractivity contribution >= 4 is 41.5 Å². The van der Waals surface area contributed by atoms with Crippen molar-refractivity contribution in [2.75, 3.05) is 19.7 Å². The molecule has 0 aromatic heterocycles. The maximum Gasteiger partial charge on any atom is 0.326 e. The number of primary amides is 1. The molecule has 0 spiro atoms. The highest BCUT2D eigenvalue weighted by Gasteiger charge is 2.30. The number of aliphatic carboxylic acids is 1. The van der Waals surface area contributed by atoms with Gasteiger partial charge in [-0.1, -0.05) is 0 Å². The number of amides is 4. The normalized spacial score (nSPS) is 13.6. The van der Waals surface area contributed by atoms with Gasteiger partial charge >= 0.3 is 5.97 Å². The highest BCUT2D eigenvalue weighted by molar-refractivity contribution is 5.94. The first kappa shape index (κ1) is 33.8. The molecule has 0 fully saturated rings. The van der Waals surface area contributed by atoms with Crippen LogP contribution in [0.25, 0.3) is 0 Å². The van der Waals surface area contributed by atoms with E-state index in [0.717, 1.165) is 0 Å². The van der Waals surface area contributed by atoms with E-state index in [0.29, 0.717) is 6.42 Å². The average molecular weight is 546 g/mol. The first-order chi connectivity index (χ1) is 17.8. The average Bonchev–Trinajstić information content (AvgIpc) is 2.83. The second-order valence-corrected chi connectivity index (χ2v) is 8.21. The summed E-state index contributed by atoms with van der Waals surface area (Å²) in [7, 11) is 0. The summed E-state index contributed by atoms with van der Waals surface area (Å²) in [6, 6.07) is -5.30. The van der Waals surface area contributed by atoms with Gasteiger partial charge in [-0.25, -0.2) is 4.79 Å². The number of rotatable bonds is 19. The molecule has 4 atom stereocenters. The highest BCUT2D eigenvalue weighted by atomic mass is 16.4. The van der Waals surface area contributed by atoms with Gasteiger partial charge < -0.3 is 60.6 Å². The van der Waals surface area contributed by atoms with Gasteiger partial charge in [0.15, 0.2) is 11.9 Å². The van der Waals surface area contributed by atoms with Crippen molar-refractivity contribution in [2.45, 2.75) is 62.7 Å². The molecule has 38 heavy (non-hydrogen) atoms. The number of nitrogens with two attached hydrogens (primary N) is 6. The molecule has 0 saturated carbocycles. The molecule has 17 N–H and O–H groups in total. The van der Waals surface area contributed by atoms with Gasteiger partial charge in [-0.2, -0.15) is 0 Å². The van der Waals surface area contributed by atoms with E-state index in [4.69, 9.17) is 34.4 Å². The second-order valence-electron chi connectivity index (χ2n) is 8.21. The zero-order valence-electron chi connectivity index (χ0n) is 21.0. The Morgan fingerprint density at radius 1 is 0.684 bits per heavy atom. The van der Waals surface area contributed by atoms with Crippen LogP contribution in [0, 0.1) is 0 Å². The van der Waals surface area contributed by atoms with Crippen molar-refractivity contribution in [2.24, 2.45) is 44.4 Å². The van der Waals surface area contributed by atoms with Gasteiger partial charge in [0, 0.05) is 19.5 Å². The molecule has 216 valence electrons. The van der Waals surface area contributed by atoms with Crippen LogP contribution >= 0.6 is 0 Å². The lowest BCUT2D eigenvalue weighted by Crippen LogP contribution is -2.58. The third-order valence-corrected chi connectivity index (χ3v) is 4.99. The van der Waals surface area contributed by atoms with Gasteiger partial charge in [0.25, 0.3) is 0 Å². The number of carbonyl (C=O) groups is 5. The lowest BCUT2D eigenvalue weighted by atomic mass is 10.1. The highest BCUT2D eigenvalue weighted by Crippen LogP contribution is 2.04. The molecule has 0 saturated heterocycles. The number of hydrogen-bond donors (Lipinski definition) is 11. The lowest BCUT2D eigenvalue weighted by molar-refractivity contribution is -0.142. The Balaban J connectivity index is 5.25. The number of guanidine groups is 2. The number of aliphatic imine (C=N–C) groups is 2. The van der Waals surface area contributed by atoms with Crippen molar-refractivity contribution in [3.8, 4) is 0 Å². The van der Waals surface area contributed by atoms with Crippen LogP contribution in [0.5, 0.6) is 0 Å². The second kappa shape index (κ2) is 18.1. The van der Waals surface area contributed by atoms with Crippen molar-refractivity contribution in [3.63, 3.8) is 0 Å². The molecule has 0 aliphatic carbocycles. The van der Waals surface area contributed by atoms with Crippen molar-refractivity contribution < 1.29 is 34.2 Å². The minimum absolute atomic E-state index is 0.0370. The molecular formula is C20H39N11O7. The molecule has 0 bridgehead atoms. The van der Waals surface area contributed by atoms with Crippen LogP contribution in [0.3, 0.4) is 0 Å². The molecule has 0 rings (SSSR count). The maximum absolute atomic E-state index is 12.8. The van der Waals surface area contributed by atoms with Gasteiger partial charge in [0.05, 0.1) is 12.6 Å². The van der Waals surface area contributed by atoms with Crippen LogP contribution in [-0.4, -0.2) is 95.6 Å². The number of hydrogen-bond acceptors (Lipinski definition) is 9. The molecule has 4 amide bonds. The monoisotopic (exact) mass is 545 g/mol. The number of carboxylic acids is 1. The summed E-state index contributed by atoms with van der Waals surface area (Å²) in [5, 5.41) is 25.9. The molecular weight excluding hydrogens is 506 g/mol. The number of nitrogens with zero attached hydrogens (tertiary/aromatic N) is 2. The topological polar surface area (TPSA) is 343 Å². The minimum Gasteiger partial charge on any atom is -0.480 e. The Bertz CT molecular complexity index is 873. The summed E-state index contributed by atoms with van der Waals surface area (Å²) < 4.78 is 0. The Hall–Kier alpha value is -4.19. The maximum atomic E-state index is 12.8. The van der Waals surface area contributed by atoms with Gasteiger partial charge in [-0.05, 0) is 32.1 Å². The van der Waals surface area contributed by atoms with Gasteiger partial charge in [-0.3, -0.25) is 29.2 Å². The van der Waals surface area contributed by atoms with Gasteiger partial charge in [0.1, 0.15) is 18.1 Å². The molecule has 0 radical (unpaired) electrons.